The van der Waals surface area contributed by atoms with Crippen molar-refractivity contribution in [3.05, 3.63) is 64.5 Å². The number of aldehydes is 1. The molecule has 0 aromatic heterocycles. The number of rotatable bonds is 4. The number of carbonyl (C=O) groups is 1. The van der Waals surface area contributed by atoms with E-state index in [-0.39, 0.29) is 5.56 Å². The molecule has 2 aromatic carbocycles. The van der Waals surface area contributed by atoms with E-state index in [1.165, 1.54) is 18.2 Å². The van der Waals surface area contributed by atoms with Crippen molar-refractivity contribution in [2.75, 3.05) is 0 Å². The maximum Gasteiger partial charge on any atom is 0.150 e. The highest BCUT2D eigenvalue weighted by molar-refractivity contribution is 5.75. The Bertz CT molecular complexity index is 585. The summed E-state index contributed by atoms with van der Waals surface area (Å²) in [6.45, 7) is 4.39. The number of benzene rings is 2. The summed E-state index contributed by atoms with van der Waals surface area (Å²) in [6.07, 6.45) is 0.604. The Kier molecular flexibility index (Phi) is 3.95. The van der Waals surface area contributed by atoms with E-state index in [0.717, 1.165) is 16.7 Å². The van der Waals surface area contributed by atoms with Gasteiger partial charge in [0, 0.05) is 11.6 Å². The minimum atomic E-state index is -0.472. The average Bonchev–Trinajstić information content (AvgIpc) is 2.34. The molecule has 0 spiro atoms. The van der Waals surface area contributed by atoms with Crippen LogP contribution in [0.2, 0.25) is 0 Å². The maximum atomic E-state index is 13.2. The van der Waals surface area contributed by atoms with Gasteiger partial charge in [-0.3, -0.25) is 4.79 Å². The van der Waals surface area contributed by atoms with Crippen molar-refractivity contribution < 1.29 is 13.9 Å². The van der Waals surface area contributed by atoms with E-state index >= 15 is 0 Å². The van der Waals surface area contributed by atoms with Crippen molar-refractivity contribution in [1.29, 1.82) is 0 Å². The topological polar surface area (TPSA) is 26.3 Å². The lowest BCUT2D eigenvalue weighted by Crippen LogP contribution is -1.98. The SMILES string of the molecule is Cc1cc(C)cc(COc2cc(F)cc(C=O)c2)c1. The highest BCUT2D eigenvalue weighted by atomic mass is 19.1. The van der Waals surface area contributed by atoms with Crippen LogP contribution in [0.15, 0.2) is 36.4 Å². The van der Waals surface area contributed by atoms with E-state index < -0.39 is 5.82 Å². The Morgan fingerprint density at radius 3 is 2.37 bits per heavy atom. The van der Waals surface area contributed by atoms with Crippen LogP contribution >= 0.6 is 0 Å². The van der Waals surface area contributed by atoms with Crippen molar-refractivity contribution >= 4 is 6.29 Å². The lowest BCUT2D eigenvalue weighted by atomic mass is 10.1. The summed E-state index contributed by atoms with van der Waals surface area (Å²) >= 11 is 0. The van der Waals surface area contributed by atoms with E-state index in [1.807, 2.05) is 26.0 Å². The monoisotopic (exact) mass is 258 g/mol. The summed E-state index contributed by atoms with van der Waals surface area (Å²) in [4.78, 5) is 10.7. The van der Waals surface area contributed by atoms with Crippen molar-refractivity contribution in [3.8, 4) is 5.75 Å². The van der Waals surface area contributed by atoms with Crippen LogP contribution in [0.3, 0.4) is 0 Å². The standard InChI is InChI=1S/C16H15FO2/c1-11-3-12(2)5-14(4-11)10-19-16-7-13(9-18)6-15(17)8-16/h3-9H,10H2,1-2H3. The van der Waals surface area contributed by atoms with Crippen LogP contribution in [0.1, 0.15) is 27.0 Å². The largest absolute Gasteiger partial charge is 0.489 e. The van der Waals surface area contributed by atoms with E-state index in [0.29, 0.717) is 18.6 Å². The molecule has 0 saturated carbocycles. The van der Waals surface area contributed by atoms with Gasteiger partial charge in [0.25, 0.3) is 0 Å². The number of hydrogen-bond acceptors (Lipinski definition) is 2. The first kappa shape index (κ1) is 13.3. The van der Waals surface area contributed by atoms with Crippen LogP contribution in [-0.2, 0) is 6.61 Å². The van der Waals surface area contributed by atoms with Crippen LogP contribution in [0.5, 0.6) is 5.75 Å². The molecule has 19 heavy (non-hydrogen) atoms. The molecular weight excluding hydrogens is 243 g/mol. The van der Waals surface area contributed by atoms with Gasteiger partial charge in [0.2, 0.25) is 0 Å². The molecule has 0 saturated heterocycles. The fraction of sp³-hybridized carbons (Fsp3) is 0.188. The van der Waals surface area contributed by atoms with Gasteiger partial charge in [0.1, 0.15) is 24.5 Å². The summed E-state index contributed by atoms with van der Waals surface area (Å²) in [5.41, 5.74) is 3.61. The number of ether oxygens (including phenoxy) is 1. The van der Waals surface area contributed by atoms with Crippen LogP contribution in [0, 0.1) is 19.7 Å². The van der Waals surface area contributed by atoms with E-state index in [1.54, 1.807) is 0 Å². The van der Waals surface area contributed by atoms with Gasteiger partial charge in [0.05, 0.1) is 0 Å². The lowest BCUT2D eigenvalue weighted by Gasteiger charge is -2.08. The first-order chi connectivity index (χ1) is 9.06. The van der Waals surface area contributed by atoms with Gasteiger partial charge in [-0.1, -0.05) is 29.3 Å². The molecule has 0 bridgehead atoms. The lowest BCUT2D eigenvalue weighted by molar-refractivity contribution is 0.112. The zero-order valence-electron chi connectivity index (χ0n) is 10.9. The van der Waals surface area contributed by atoms with Gasteiger partial charge in [-0.15, -0.1) is 0 Å². The van der Waals surface area contributed by atoms with Gasteiger partial charge in [-0.25, -0.2) is 4.39 Å². The molecule has 0 aliphatic rings. The van der Waals surface area contributed by atoms with Gasteiger partial charge in [-0.05, 0) is 31.5 Å². The highest BCUT2D eigenvalue weighted by Gasteiger charge is 2.02. The second-order valence-corrected chi connectivity index (χ2v) is 4.62. The summed E-state index contributed by atoms with van der Waals surface area (Å²) in [6, 6.07) is 10.1. The molecule has 0 unspecified atom stereocenters. The Balaban J connectivity index is 2.13. The highest BCUT2D eigenvalue weighted by Crippen LogP contribution is 2.18. The summed E-state index contributed by atoms with van der Waals surface area (Å²) in [5.74, 6) is -0.110. The van der Waals surface area contributed by atoms with Crippen molar-refractivity contribution in [1.82, 2.24) is 0 Å². The summed E-state index contributed by atoms with van der Waals surface area (Å²) < 4.78 is 18.8. The average molecular weight is 258 g/mol. The Labute approximate surface area is 111 Å². The summed E-state index contributed by atoms with van der Waals surface area (Å²) in [7, 11) is 0. The molecule has 0 N–H and O–H groups in total. The molecule has 3 heteroatoms. The van der Waals surface area contributed by atoms with Crippen LogP contribution in [-0.4, -0.2) is 6.29 Å². The minimum absolute atomic E-state index is 0.274. The molecule has 98 valence electrons. The third kappa shape index (κ3) is 3.65. The molecular formula is C16H15FO2. The first-order valence-corrected chi connectivity index (χ1v) is 6.02. The predicted molar refractivity (Wildman–Crippen MR) is 72.0 cm³/mol. The fourth-order valence-electron chi connectivity index (χ4n) is 2.05. The summed E-state index contributed by atoms with van der Waals surface area (Å²) in [5, 5.41) is 0. The van der Waals surface area contributed by atoms with Gasteiger partial charge < -0.3 is 4.74 Å². The smallest absolute Gasteiger partial charge is 0.150 e. The maximum absolute atomic E-state index is 13.2. The quantitative estimate of drug-likeness (QED) is 0.779. The molecule has 0 aliphatic heterocycles. The van der Waals surface area contributed by atoms with Crippen molar-refractivity contribution in [3.63, 3.8) is 0 Å². The van der Waals surface area contributed by atoms with E-state index in [2.05, 4.69) is 6.07 Å². The molecule has 0 heterocycles. The third-order valence-electron chi connectivity index (χ3n) is 2.72. The number of halogens is 1. The second kappa shape index (κ2) is 5.65. The van der Waals surface area contributed by atoms with Crippen molar-refractivity contribution in [2.45, 2.75) is 20.5 Å². The minimum Gasteiger partial charge on any atom is -0.489 e. The Morgan fingerprint density at radius 2 is 1.74 bits per heavy atom. The van der Waals surface area contributed by atoms with E-state index in [4.69, 9.17) is 4.74 Å². The zero-order valence-corrected chi connectivity index (χ0v) is 10.9. The molecule has 0 amide bonds. The molecule has 0 radical (unpaired) electrons. The van der Waals surface area contributed by atoms with Gasteiger partial charge in [0.15, 0.2) is 0 Å². The third-order valence-corrected chi connectivity index (χ3v) is 2.72. The van der Waals surface area contributed by atoms with Gasteiger partial charge in [-0.2, -0.15) is 0 Å². The van der Waals surface area contributed by atoms with Crippen LogP contribution in [0.25, 0.3) is 0 Å². The molecule has 2 nitrogen and oxygen atoms in total. The molecule has 0 aliphatic carbocycles. The predicted octanol–water partition coefficient (Wildman–Crippen LogP) is 3.83. The number of carbonyl (C=O) groups excluding carboxylic acids is 1. The normalized spacial score (nSPS) is 10.3. The number of hydrogen-bond donors (Lipinski definition) is 0. The van der Waals surface area contributed by atoms with Gasteiger partial charge >= 0.3 is 0 Å². The molecule has 0 fully saturated rings. The van der Waals surface area contributed by atoms with E-state index in [9.17, 15) is 9.18 Å². The Hall–Kier alpha value is -2.16. The van der Waals surface area contributed by atoms with Crippen molar-refractivity contribution in [2.24, 2.45) is 0 Å². The first-order valence-electron chi connectivity index (χ1n) is 6.02. The van der Waals surface area contributed by atoms with Crippen LogP contribution in [0.4, 0.5) is 4.39 Å². The molecule has 0 atom stereocenters. The molecule has 2 rings (SSSR count). The second-order valence-electron chi connectivity index (χ2n) is 4.62. The van der Waals surface area contributed by atoms with Crippen LogP contribution < -0.4 is 4.74 Å². The fourth-order valence-corrected chi connectivity index (χ4v) is 2.05. The molecule has 2 aromatic rings. The zero-order chi connectivity index (χ0) is 13.8. The number of aryl methyl sites for hydroxylation is 2. The Morgan fingerprint density at radius 1 is 1.05 bits per heavy atom.